The minimum absolute atomic E-state index is 0.562. The van der Waals surface area contributed by atoms with Gasteiger partial charge in [-0.15, -0.1) is 0 Å². The van der Waals surface area contributed by atoms with E-state index in [1.807, 2.05) is 30.3 Å². The van der Waals surface area contributed by atoms with Crippen LogP contribution in [-0.2, 0) is 0 Å². The second-order valence-corrected chi connectivity index (χ2v) is 16.3. The highest BCUT2D eigenvalue weighted by atomic mass is 16.3. The maximum absolute atomic E-state index is 6.16. The molecule has 4 heterocycles. The lowest BCUT2D eigenvalue weighted by atomic mass is 10.00. The lowest BCUT2D eigenvalue weighted by Gasteiger charge is -2.13. The Kier molecular flexibility index (Phi) is 8.11. The summed E-state index contributed by atoms with van der Waals surface area (Å²) in [5.41, 5.74) is 12.9. The molecule has 0 aliphatic carbocycles. The maximum atomic E-state index is 6.16. The highest BCUT2D eigenvalue weighted by Crippen LogP contribution is 2.40. The number of pyridine rings is 1. The van der Waals surface area contributed by atoms with Gasteiger partial charge in [-0.25, -0.2) is 15.0 Å². The van der Waals surface area contributed by atoms with Gasteiger partial charge in [0.05, 0.1) is 11.0 Å². The summed E-state index contributed by atoms with van der Waals surface area (Å²) >= 11 is 0. The van der Waals surface area contributed by atoms with Crippen LogP contribution in [-0.4, -0.2) is 24.5 Å². The molecule has 0 N–H and O–H groups in total. The molecular weight excluding hydrogens is 783 g/mol. The molecule has 4 aromatic heterocycles. The van der Waals surface area contributed by atoms with Crippen LogP contribution in [0.4, 0.5) is 0 Å². The molecule has 0 atom stereocenters. The minimum Gasteiger partial charge on any atom is -0.454 e. The fourth-order valence-electron chi connectivity index (χ4n) is 9.34. The summed E-state index contributed by atoms with van der Waals surface area (Å²) in [6.07, 6.45) is 1.79. The average molecular weight is 818 g/mol. The number of rotatable bonds is 6. The Hall–Kier alpha value is -8.74. The molecule has 0 unspecified atom stereocenters. The first-order chi connectivity index (χ1) is 31.7. The summed E-state index contributed by atoms with van der Waals surface area (Å²) in [7, 11) is 0. The lowest BCUT2D eigenvalue weighted by Crippen LogP contribution is -2.01. The quantitative estimate of drug-likeness (QED) is 0.167. The van der Waals surface area contributed by atoms with E-state index in [4.69, 9.17) is 19.4 Å². The van der Waals surface area contributed by atoms with Gasteiger partial charge in [-0.1, -0.05) is 146 Å². The van der Waals surface area contributed by atoms with Gasteiger partial charge in [0.2, 0.25) is 0 Å². The van der Waals surface area contributed by atoms with E-state index in [0.29, 0.717) is 17.5 Å². The molecule has 13 rings (SSSR count). The maximum Gasteiger partial charge on any atom is 0.164 e. The van der Waals surface area contributed by atoms with E-state index in [0.717, 1.165) is 71.8 Å². The van der Waals surface area contributed by atoms with Crippen LogP contribution in [0.3, 0.4) is 0 Å². The zero-order valence-electron chi connectivity index (χ0n) is 34.4. The topological polar surface area (TPSA) is 69.6 Å². The van der Waals surface area contributed by atoms with Crippen LogP contribution < -0.4 is 0 Å². The Morgan fingerprint density at radius 3 is 1.72 bits per heavy atom. The lowest BCUT2D eigenvalue weighted by molar-refractivity contribution is 0.668. The predicted molar refractivity (Wildman–Crippen MR) is 261 cm³/mol. The van der Waals surface area contributed by atoms with Crippen molar-refractivity contribution in [3.8, 4) is 62.1 Å². The highest BCUT2D eigenvalue weighted by molar-refractivity contribution is 6.19. The van der Waals surface area contributed by atoms with E-state index < -0.39 is 0 Å². The Balaban J connectivity index is 1.01. The van der Waals surface area contributed by atoms with Gasteiger partial charge >= 0.3 is 0 Å². The zero-order chi connectivity index (χ0) is 42.1. The third-order valence-corrected chi connectivity index (χ3v) is 12.4. The smallest absolute Gasteiger partial charge is 0.164 e. The molecular formula is C58H35N5O. The Morgan fingerprint density at radius 1 is 0.344 bits per heavy atom. The first-order valence-corrected chi connectivity index (χ1v) is 21.4. The van der Waals surface area contributed by atoms with Crippen LogP contribution >= 0.6 is 0 Å². The molecule has 9 aromatic carbocycles. The SMILES string of the molecule is c1ccc(-c2ccc3cc(-c4nc(-c5cccc(-n6c7cc(-c8ccccc8)ccc7c7ccc8ccccc8c76)c5)nc(-c5ccc6oc7cccnc7c6c5)n4)ccc3c2)cc1. The van der Waals surface area contributed by atoms with E-state index in [-0.39, 0.29) is 0 Å². The minimum atomic E-state index is 0.562. The van der Waals surface area contributed by atoms with Crippen molar-refractivity contribution >= 4 is 65.4 Å². The summed E-state index contributed by atoms with van der Waals surface area (Å²) in [4.78, 5) is 20.4. The Labute approximate surface area is 367 Å². The number of nitrogens with zero attached hydrogens (tertiary/aromatic N) is 5. The Morgan fingerprint density at radius 2 is 0.938 bits per heavy atom. The first kappa shape index (κ1) is 36.0. The molecule has 6 heteroatoms. The normalized spacial score (nSPS) is 11.8. The molecule has 64 heavy (non-hydrogen) atoms. The largest absolute Gasteiger partial charge is 0.454 e. The summed E-state index contributed by atoms with van der Waals surface area (Å²) in [5.74, 6) is 1.73. The van der Waals surface area contributed by atoms with Gasteiger partial charge in [-0.2, -0.15) is 0 Å². The second kappa shape index (κ2) is 14.4. The van der Waals surface area contributed by atoms with E-state index >= 15 is 0 Å². The van der Waals surface area contributed by atoms with Crippen LogP contribution in [0.1, 0.15) is 0 Å². The number of benzene rings is 9. The van der Waals surface area contributed by atoms with Crippen molar-refractivity contribution < 1.29 is 4.42 Å². The molecule has 0 bridgehead atoms. The number of furan rings is 1. The fraction of sp³-hybridized carbons (Fsp3) is 0. The van der Waals surface area contributed by atoms with Crippen molar-refractivity contribution in [1.82, 2.24) is 24.5 Å². The van der Waals surface area contributed by atoms with Gasteiger partial charge in [-0.3, -0.25) is 4.98 Å². The van der Waals surface area contributed by atoms with Gasteiger partial charge in [0, 0.05) is 50.1 Å². The number of hydrogen-bond donors (Lipinski definition) is 0. The van der Waals surface area contributed by atoms with Crippen molar-refractivity contribution in [3.05, 3.63) is 212 Å². The predicted octanol–water partition coefficient (Wildman–Crippen LogP) is 14.9. The van der Waals surface area contributed by atoms with Gasteiger partial charge < -0.3 is 8.98 Å². The summed E-state index contributed by atoms with van der Waals surface area (Å²) in [6, 6.07) is 72.5. The number of aromatic nitrogens is 5. The molecule has 0 saturated carbocycles. The van der Waals surface area contributed by atoms with Crippen molar-refractivity contribution in [2.24, 2.45) is 0 Å². The molecule has 0 saturated heterocycles. The van der Waals surface area contributed by atoms with Crippen molar-refractivity contribution in [3.63, 3.8) is 0 Å². The molecule has 0 fully saturated rings. The number of fused-ring (bicyclic) bond motifs is 9. The average Bonchev–Trinajstić information content (AvgIpc) is 3.92. The van der Waals surface area contributed by atoms with Gasteiger partial charge in [0.1, 0.15) is 11.1 Å². The van der Waals surface area contributed by atoms with Crippen molar-refractivity contribution in [2.45, 2.75) is 0 Å². The monoisotopic (exact) mass is 817 g/mol. The third kappa shape index (κ3) is 5.96. The van der Waals surface area contributed by atoms with Crippen LogP contribution in [0.2, 0.25) is 0 Å². The molecule has 0 amide bonds. The molecule has 0 radical (unpaired) electrons. The summed E-state index contributed by atoms with van der Waals surface area (Å²) in [5, 5.41) is 7.93. The third-order valence-electron chi connectivity index (χ3n) is 12.4. The van der Waals surface area contributed by atoms with Crippen LogP contribution in [0.15, 0.2) is 217 Å². The van der Waals surface area contributed by atoms with Crippen molar-refractivity contribution in [1.29, 1.82) is 0 Å². The van der Waals surface area contributed by atoms with Gasteiger partial charge in [-0.05, 0) is 99.1 Å². The van der Waals surface area contributed by atoms with E-state index in [1.165, 1.54) is 38.2 Å². The molecule has 13 aromatic rings. The molecule has 0 aliphatic rings. The van der Waals surface area contributed by atoms with Crippen LogP contribution in [0.25, 0.3) is 128 Å². The van der Waals surface area contributed by atoms with E-state index in [9.17, 15) is 0 Å². The Bertz CT molecular complexity index is 3960. The summed E-state index contributed by atoms with van der Waals surface area (Å²) in [6.45, 7) is 0. The van der Waals surface area contributed by atoms with Crippen molar-refractivity contribution in [2.75, 3.05) is 0 Å². The number of hydrogen-bond acceptors (Lipinski definition) is 5. The van der Waals surface area contributed by atoms with E-state index in [2.05, 4.69) is 185 Å². The van der Waals surface area contributed by atoms with Crippen LogP contribution in [0, 0.1) is 0 Å². The fourth-order valence-corrected chi connectivity index (χ4v) is 9.34. The first-order valence-electron chi connectivity index (χ1n) is 21.4. The molecule has 6 nitrogen and oxygen atoms in total. The molecule has 298 valence electrons. The van der Waals surface area contributed by atoms with Gasteiger partial charge in [0.25, 0.3) is 0 Å². The highest BCUT2D eigenvalue weighted by Gasteiger charge is 2.19. The van der Waals surface area contributed by atoms with Crippen LogP contribution in [0.5, 0.6) is 0 Å². The molecule has 0 spiro atoms. The van der Waals surface area contributed by atoms with Gasteiger partial charge in [0.15, 0.2) is 23.1 Å². The standard InChI is InChI=1S/C58H35N5O/c1-3-11-36(12-4-1)39-20-21-41-32-44(23-22-40(41)31-39)57-60-56(61-58(62-57)45-26-29-52-50(34-45)54-53(64-52)19-10-30-59-54)43-16-9-17-46(33-43)63-51-35-42(37-13-5-2-6-14-37)25-27-48(51)49-28-24-38-15-7-8-18-47(38)55(49)63/h1-35H. The second-order valence-electron chi connectivity index (χ2n) is 16.3. The summed E-state index contributed by atoms with van der Waals surface area (Å²) < 4.78 is 8.56. The van der Waals surface area contributed by atoms with E-state index in [1.54, 1.807) is 6.20 Å². The molecule has 0 aliphatic heterocycles. The zero-order valence-corrected chi connectivity index (χ0v) is 34.4.